The Morgan fingerprint density at radius 2 is 1.50 bits per heavy atom. The molecular weight excluding hydrogens is 488 g/mol. The second-order valence-electron chi connectivity index (χ2n) is 8.51. The van der Waals surface area contributed by atoms with Gasteiger partial charge in [0.05, 0.1) is 25.5 Å². The molecule has 9 heteroatoms. The molecule has 3 aromatic rings. The van der Waals surface area contributed by atoms with E-state index in [1.165, 1.54) is 39.3 Å². The molecule has 2 N–H and O–H groups in total. The van der Waals surface area contributed by atoms with Crippen LogP contribution in [0.4, 0.5) is 5.69 Å². The van der Waals surface area contributed by atoms with Crippen LogP contribution < -0.4 is 24.8 Å². The molecule has 0 saturated carbocycles. The topological polar surface area (TPSA) is 112 Å². The van der Waals surface area contributed by atoms with E-state index in [-0.39, 0.29) is 29.6 Å². The lowest BCUT2D eigenvalue weighted by molar-refractivity contribution is -0.129. The van der Waals surface area contributed by atoms with Gasteiger partial charge in [0.1, 0.15) is 5.75 Å². The van der Waals surface area contributed by atoms with Gasteiger partial charge in [0.2, 0.25) is 0 Å². The van der Waals surface area contributed by atoms with Crippen molar-refractivity contribution < 1.29 is 33.3 Å². The summed E-state index contributed by atoms with van der Waals surface area (Å²) in [6.07, 6.45) is -0.994. The number of benzene rings is 3. The molecule has 0 aliphatic rings. The summed E-state index contributed by atoms with van der Waals surface area (Å²) < 4.78 is 21.5. The van der Waals surface area contributed by atoms with Gasteiger partial charge in [-0.05, 0) is 48.7 Å². The molecule has 3 aromatic carbocycles. The van der Waals surface area contributed by atoms with Gasteiger partial charge in [-0.3, -0.25) is 9.59 Å². The molecule has 0 heterocycles. The standard InChI is InChI=1S/C29H32N2O7/c1-19(21-10-6-5-7-11-21)17-30-28(33)20(2)38-29(34)22-14-15-25(26(16-22)36-4)37-18-27(32)31-23-12-8-9-13-24(23)35-3/h5-16,19-20H,17-18H2,1-4H3,(H,30,33)(H,31,32)/t19-,20+/m1/s1. The Labute approximate surface area is 222 Å². The minimum Gasteiger partial charge on any atom is -0.495 e. The summed E-state index contributed by atoms with van der Waals surface area (Å²) in [4.78, 5) is 37.5. The second kappa shape index (κ2) is 13.7. The monoisotopic (exact) mass is 520 g/mol. The third kappa shape index (κ3) is 7.73. The average Bonchev–Trinajstić information content (AvgIpc) is 2.95. The van der Waals surface area contributed by atoms with Crippen LogP contribution >= 0.6 is 0 Å². The van der Waals surface area contributed by atoms with Gasteiger partial charge in [-0.25, -0.2) is 4.79 Å². The van der Waals surface area contributed by atoms with Crippen molar-refractivity contribution in [1.82, 2.24) is 5.32 Å². The zero-order chi connectivity index (χ0) is 27.5. The minimum absolute atomic E-state index is 0.108. The van der Waals surface area contributed by atoms with Crippen LogP contribution in [0, 0.1) is 0 Å². The normalized spacial score (nSPS) is 12.0. The van der Waals surface area contributed by atoms with Crippen molar-refractivity contribution in [1.29, 1.82) is 0 Å². The Morgan fingerprint density at radius 1 is 0.816 bits per heavy atom. The number of nitrogens with one attached hydrogen (secondary N) is 2. The SMILES string of the molecule is COc1ccccc1NC(=O)COc1ccc(C(=O)O[C@@H](C)C(=O)NC[C@@H](C)c2ccccc2)cc1OC. The first-order valence-corrected chi connectivity index (χ1v) is 12.1. The van der Waals surface area contributed by atoms with E-state index in [0.717, 1.165) is 5.56 Å². The predicted molar refractivity (Wildman–Crippen MR) is 143 cm³/mol. The first kappa shape index (κ1) is 28.0. The average molecular weight is 521 g/mol. The zero-order valence-corrected chi connectivity index (χ0v) is 21.9. The number of esters is 1. The number of para-hydroxylation sites is 2. The number of amides is 2. The number of hydrogen-bond acceptors (Lipinski definition) is 7. The molecule has 0 radical (unpaired) electrons. The summed E-state index contributed by atoms with van der Waals surface area (Å²) >= 11 is 0. The van der Waals surface area contributed by atoms with Crippen LogP contribution in [0.15, 0.2) is 72.8 Å². The Hall–Kier alpha value is -4.53. The van der Waals surface area contributed by atoms with Gasteiger partial charge in [-0.15, -0.1) is 0 Å². The van der Waals surface area contributed by atoms with E-state index in [9.17, 15) is 14.4 Å². The molecule has 9 nitrogen and oxygen atoms in total. The van der Waals surface area contributed by atoms with Crippen LogP contribution in [-0.2, 0) is 14.3 Å². The van der Waals surface area contributed by atoms with Crippen molar-refractivity contribution in [3.8, 4) is 17.2 Å². The summed E-state index contributed by atoms with van der Waals surface area (Å²) in [6.45, 7) is 3.63. The van der Waals surface area contributed by atoms with Crippen molar-refractivity contribution in [2.45, 2.75) is 25.9 Å². The number of carbonyl (C=O) groups excluding carboxylic acids is 3. The van der Waals surface area contributed by atoms with Gasteiger partial charge in [0, 0.05) is 6.54 Å². The number of carbonyl (C=O) groups is 3. The number of anilines is 1. The molecule has 0 fully saturated rings. The fourth-order valence-electron chi connectivity index (χ4n) is 3.57. The Balaban J connectivity index is 1.53. The highest BCUT2D eigenvalue weighted by Gasteiger charge is 2.21. The quantitative estimate of drug-likeness (QED) is 0.345. The lowest BCUT2D eigenvalue weighted by Gasteiger charge is -2.17. The molecule has 0 aromatic heterocycles. The zero-order valence-electron chi connectivity index (χ0n) is 21.9. The van der Waals surface area contributed by atoms with Crippen LogP contribution in [0.3, 0.4) is 0 Å². The fourth-order valence-corrected chi connectivity index (χ4v) is 3.57. The minimum atomic E-state index is -0.994. The van der Waals surface area contributed by atoms with Crippen LogP contribution in [-0.4, -0.2) is 51.3 Å². The van der Waals surface area contributed by atoms with Gasteiger partial charge >= 0.3 is 5.97 Å². The lowest BCUT2D eigenvalue weighted by Crippen LogP contribution is -2.37. The number of hydrogen-bond donors (Lipinski definition) is 2. The van der Waals surface area contributed by atoms with E-state index in [1.807, 2.05) is 37.3 Å². The Morgan fingerprint density at radius 3 is 2.21 bits per heavy atom. The molecule has 0 saturated heterocycles. The molecule has 0 spiro atoms. The molecule has 2 atom stereocenters. The van der Waals surface area contributed by atoms with Crippen LogP contribution in [0.25, 0.3) is 0 Å². The summed E-state index contributed by atoms with van der Waals surface area (Å²) in [5.41, 5.74) is 1.79. The van der Waals surface area contributed by atoms with E-state index in [1.54, 1.807) is 24.3 Å². The fraction of sp³-hybridized carbons (Fsp3) is 0.276. The molecule has 3 rings (SSSR count). The summed E-state index contributed by atoms with van der Waals surface area (Å²) in [5.74, 6) is -0.358. The summed E-state index contributed by atoms with van der Waals surface area (Å²) in [6, 6.07) is 21.2. The highest BCUT2D eigenvalue weighted by atomic mass is 16.5. The van der Waals surface area contributed by atoms with Crippen molar-refractivity contribution in [2.75, 3.05) is 32.7 Å². The van der Waals surface area contributed by atoms with Crippen molar-refractivity contribution in [2.24, 2.45) is 0 Å². The first-order chi connectivity index (χ1) is 18.3. The molecule has 0 bridgehead atoms. The van der Waals surface area contributed by atoms with Crippen LogP contribution in [0.5, 0.6) is 17.2 Å². The van der Waals surface area contributed by atoms with E-state index in [2.05, 4.69) is 10.6 Å². The van der Waals surface area contributed by atoms with Crippen molar-refractivity contribution in [3.05, 3.63) is 83.9 Å². The van der Waals surface area contributed by atoms with Crippen molar-refractivity contribution in [3.63, 3.8) is 0 Å². The van der Waals surface area contributed by atoms with Gasteiger partial charge in [-0.2, -0.15) is 0 Å². The number of ether oxygens (including phenoxy) is 4. The summed E-state index contributed by atoms with van der Waals surface area (Å²) in [5, 5.41) is 5.53. The Bertz CT molecular complexity index is 1250. The van der Waals surface area contributed by atoms with Gasteiger partial charge in [0.15, 0.2) is 24.2 Å². The third-order valence-corrected chi connectivity index (χ3v) is 5.74. The maximum atomic E-state index is 12.7. The molecule has 200 valence electrons. The van der Waals surface area contributed by atoms with E-state index in [4.69, 9.17) is 18.9 Å². The molecule has 38 heavy (non-hydrogen) atoms. The molecule has 0 aliphatic carbocycles. The molecular formula is C29H32N2O7. The highest BCUT2D eigenvalue weighted by Crippen LogP contribution is 2.29. The lowest BCUT2D eigenvalue weighted by atomic mass is 10.0. The van der Waals surface area contributed by atoms with Gasteiger partial charge in [0.25, 0.3) is 11.8 Å². The molecule has 2 amide bonds. The van der Waals surface area contributed by atoms with E-state index >= 15 is 0 Å². The van der Waals surface area contributed by atoms with E-state index < -0.39 is 23.9 Å². The smallest absolute Gasteiger partial charge is 0.339 e. The predicted octanol–water partition coefficient (Wildman–Crippen LogP) is 4.19. The maximum absolute atomic E-state index is 12.7. The largest absolute Gasteiger partial charge is 0.495 e. The van der Waals surface area contributed by atoms with Gasteiger partial charge < -0.3 is 29.6 Å². The van der Waals surface area contributed by atoms with Crippen LogP contribution in [0.1, 0.15) is 35.7 Å². The second-order valence-corrected chi connectivity index (χ2v) is 8.51. The molecule has 0 unspecified atom stereocenters. The van der Waals surface area contributed by atoms with E-state index in [0.29, 0.717) is 18.0 Å². The third-order valence-electron chi connectivity index (χ3n) is 5.74. The number of rotatable bonds is 12. The number of methoxy groups -OCH3 is 2. The highest BCUT2D eigenvalue weighted by molar-refractivity contribution is 5.94. The van der Waals surface area contributed by atoms with Crippen LogP contribution in [0.2, 0.25) is 0 Å². The first-order valence-electron chi connectivity index (χ1n) is 12.1. The molecule has 0 aliphatic heterocycles. The summed E-state index contributed by atoms with van der Waals surface area (Å²) in [7, 11) is 2.93. The maximum Gasteiger partial charge on any atom is 0.339 e. The Kier molecular flexibility index (Phi) is 10.1. The van der Waals surface area contributed by atoms with Gasteiger partial charge in [-0.1, -0.05) is 49.4 Å². The van der Waals surface area contributed by atoms with Crippen molar-refractivity contribution >= 4 is 23.5 Å².